The first-order valence-electron chi connectivity index (χ1n) is 11.6. The Morgan fingerprint density at radius 1 is 1.13 bits per heavy atom. The van der Waals surface area contributed by atoms with Gasteiger partial charge in [0.25, 0.3) is 6.33 Å². The monoisotopic (exact) mass is 429 g/mol. The largest absolute Gasteiger partial charge is 0.464 e. The summed E-state index contributed by atoms with van der Waals surface area (Å²) in [4.78, 5) is 7.48. The molecule has 9 rings (SSSR count). The molecule has 4 saturated carbocycles. The van der Waals surface area contributed by atoms with E-state index in [-0.39, 0.29) is 0 Å². The molecule has 5 heteroatoms. The Kier molecular flexibility index (Phi) is 3.05. The van der Waals surface area contributed by atoms with E-state index in [1.807, 2.05) is 17.7 Å². The fraction of sp³-hybridized carbons (Fsp3) is 0.462. The maximum Gasteiger partial charge on any atom is 0.288 e. The van der Waals surface area contributed by atoms with Crippen molar-refractivity contribution in [2.45, 2.75) is 50.9 Å². The van der Waals surface area contributed by atoms with Gasteiger partial charge in [-0.3, -0.25) is 0 Å². The van der Waals surface area contributed by atoms with Crippen LogP contribution in [0, 0.1) is 24.7 Å². The zero-order valence-corrected chi connectivity index (χ0v) is 18.7. The Hall–Kier alpha value is -2.40. The van der Waals surface area contributed by atoms with Crippen molar-refractivity contribution in [1.29, 1.82) is 0 Å². The Labute approximate surface area is 184 Å². The highest BCUT2D eigenvalue weighted by molar-refractivity contribution is 7.19. The van der Waals surface area contributed by atoms with Gasteiger partial charge in [0.15, 0.2) is 11.4 Å². The Bertz CT molecular complexity index is 1390. The van der Waals surface area contributed by atoms with Crippen molar-refractivity contribution in [1.82, 2.24) is 4.98 Å². The molecule has 0 N–H and O–H groups in total. The molecule has 4 aliphatic carbocycles. The predicted octanol–water partition coefficient (Wildman–Crippen LogP) is 6.42. The van der Waals surface area contributed by atoms with Gasteiger partial charge >= 0.3 is 0 Å². The van der Waals surface area contributed by atoms with Gasteiger partial charge in [-0.15, -0.1) is 0 Å². The molecule has 5 aliphatic rings. The van der Waals surface area contributed by atoms with E-state index in [2.05, 4.69) is 30.7 Å². The van der Waals surface area contributed by atoms with Gasteiger partial charge in [0.1, 0.15) is 16.7 Å². The van der Waals surface area contributed by atoms with Crippen molar-refractivity contribution < 1.29 is 13.7 Å². The number of ether oxygens (including phenoxy) is 1. The molecule has 4 bridgehead atoms. The number of hydrogen-bond donors (Lipinski definition) is 0. The molecule has 0 amide bonds. The average Bonchev–Trinajstić information content (AvgIpc) is 3.35. The van der Waals surface area contributed by atoms with Crippen LogP contribution >= 0.6 is 11.3 Å². The Morgan fingerprint density at radius 2 is 1.87 bits per heavy atom. The summed E-state index contributed by atoms with van der Waals surface area (Å²) in [6, 6.07) is 4.15. The van der Waals surface area contributed by atoms with E-state index in [0.717, 1.165) is 45.1 Å². The van der Waals surface area contributed by atoms with Crippen molar-refractivity contribution in [3.63, 3.8) is 0 Å². The summed E-state index contributed by atoms with van der Waals surface area (Å²) in [5.41, 5.74) is 4.85. The van der Waals surface area contributed by atoms with E-state index in [9.17, 15) is 0 Å². The van der Waals surface area contributed by atoms with Crippen molar-refractivity contribution in [3.05, 3.63) is 35.2 Å². The molecule has 4 nitrogen and oxygen atoms in total. The summed E-state index contributed by atoms with van der Waals surface area (Å²) in [6.07, 6.45) is 12.1. The van der Waals surface area contributed by atoms with E-state index in [4.69, 9.17) is 14.1 Å². The number of nitrogens with zero attached hydrogens (tertiary/aromatic N) is 2. The number of hydrogen-bond acceptors (Lipinski definition) is 4. The smallest absolute Gasteiger partial charge is 0.288 e. The minimum absolute atomic E-state index is 0.298. The number of fused-ring (bicyclic) bond motifs is 3. The van der Waals surface area contributed by atoms with Gasteiger partial charge in [-0.2, -0.15) is 0 Å². The van der Waals surface area contributed by atoms with E-state index in [1.54, 1.807) is 6.26 Å². The summed E-state index contributed by atoms with van der Waals surface area (Å²) in [5, 5.41) is 2.38. The second-order valence-electron chi connectivity index (χ2n) is 10.7. The average molecular weight is 430 g/mol. The molecule has 3 aromatic heterocycles. The maximum atomic E-state index is 6.82. The zero-order valence-electron chi connectivity index (χ0n) is 17.9. The Morgan fingerprint density at radius 3 is 2.61 bits per heavy atom. The topological polar surface area (TPSA) is 39.1 Å². The van der Waals surface area contributed by atoms with Crippen LogP contribution in [0.5, 0.6) is 11.5 Å². The van der Waals surface area contributed by atoms with Gasteiger partial charge in [-0.1, -0.05) is 11.3 Å². The third-order valence-corrected chi connectivity index (χ3v) is 10.1. The molecular formula is C26H25N2O2S+. The van der Waals surface area contributed by atoms with Gasteiger partial charge in [-0.05, 0) is 79.8 Å². The van der Waals surface area contributed by atoms with Crippen LogP contribution in [0.2, 0.25) is 0 Å². The summed E-state index contributed by atoms with van der Waals surface area (Å²) in [7, 11) is 2.11. The SMILES string of the molecule is Cc1c2c(cc3occc13)Oc1c(C34CC5CC(CC(C5)C3)C4)sc3nc[n+](C)c-2c13. The fourth-order valence-corrected chi connectivity index (χ4v) is 9.24. The third-order valence-electron chi connectivity index (χ3n) is 8.74. The second-order valence-corrected chi connectivity index (χ2v) is 11.7. The molecule has 156 valence electrons. The minimum atomic E-state index is 0.298. The molecule has 0 atom stereocenters. The number of aryl methyl sites for hydroxylation is 2. The molecule has 4 fully saturated rings. The summed E-state index contributed by atoms with van der Waals surface area (Å²) < 4.78 is 14.8. The van der Waals surface area contributed by atoms with E-state index in [1.165, 1.54) is 65.6 Å². The number of aromatic nitrogens is 2. The molecule has 1 aromatic carbocycles. The summed E-state index contributed by atoms with van der Waals surface area (Å²) in [6.45, 7) is 2.18. The van der Waals surface area contributed by atoms with Crippen LogP contribution in [0.4, 0.5) is 0 Å². The third kappa shape index (κ3) is 2.06. The molecule has 0 spiro atoms. The van der Waals surface area contributed by atoms with Crippen LogP contribution in [0.3, 0.4) is 0 Å². The highest BCUT2D eigenvalue weighted by atomic mass is 32.1. The van der Waals surface area contributed by atoms with Gasteiger partial charge in [-0.25, -0.2) is 4.57 Å². The lowest BCUT2D eigenvalue weighted by molar-refractivity contribution is -0.662. The van der Waals surface area contributed by atoms with Gasteiger partial charge in [0.05, 0.1) is 23.8 Å². The minimum Gasteiger partial charge on any atom is -0.464 e. The predicted molar refractivity (Wildman–Crippen MR) is 121 cm³/mol. The molecule has 0 saturated heterocycles. The van der Waals surface area contributed by atoms with Crippen LogP contribution in [-0.4, -0.2) is 4.98 Å². The van der Waals surface area contributed by atoms with Crippen LogP contribution in [0.25, 0.3) is 32.4 Å². The second kappa shape index (κ2) is 5.50. The molecule has 1 aliphatic heterocycles. The van der Waals surface area contributed by atoms with Crippen molar-refractivity contribution >= 4 is 32.5 Å². The van der Waals surface area contributed by atoms with Gasteiger partial charge in [0, 0.05) is 16.9 Å². The van der Waals surface area contributed by atoms with Crippen molar-refractivity contribution in [2.75, 3.05) is 0 Å². The molecular weight excluding hydrogens is 404 g/mol. The first-order valence-corrected chi connectivity index (χ1v) is 12.4. The highest BCUT2D eigenvalue weighted by Gasteiger charge is 2.54. The Balaban J connectivity index is 1.43. The van der Waals surface area contributed by atoms with E-state index in [0.29, 0.717) is 5.41 Å². The zero-order chi connectivity index (χ0) is 20.5. The molecule has 4 aromatic rings. The number of furan rings is 1. The van der Waals surface area contributed by atoms with Crippen molar-refractivity contribution in [3.8, 4) is 22.8 Å². The number of rotatable bonds is 1. The van der Waals surface area contributed by atoms with Gasteiger partial charge in [0.2, 0.25) is 4.83 Å². The quantitative estimate of drug-likeness (QED) is 0.289. The highest BCUT2D eigenvalue weighted by Crippen LogP contribution is 2.65. The maximum absolute atomic E-state index is 6.82. The first kappa shape index (κ1) is 17.2. The molecule has 0 radical (unpaired) electrons. The number of benzene rings is 1. The van der Waals surface area contributed by atoms with Crippen molar-refractivity contribution in [2.24, 2.45) is 24.8 Å². The lowest BCUT2D eigenvalue weighted by Gasteiger charge is -2.56. The summed E-state index contributed by atoms with van der Waals surface area (Å²) >= 11 is 1.91. The van der Waals surface area contributed by atoms with E-state index >= 15 is 0 Å². The molecule has 0 unspecified atom stereocenters. The number of thiophene rings is 1. The van der Waals surface area contributed by atoms with Gasteiger partial charge < -0.3 is 9.15 Å². The molecule has 31 heavy (non-hydrogen) atoms. The first-order chi connectivity index (χ1) is 15.1. The lowest BCUT2D eigenvalue weighted by atomic mass is 9.49. The van der Waals surface area contributed by atoms with Crippen LogP contribution in [0.1, 0.15) is 49.0 Å². The normalized spacial score (nSPS) is 30.2. The lowest BCUT2D eigenvalue weighted by Crippen LogP contribution is -2.48. The molecule has 4 heterocycles. The standard InChI is InChI=1S/C26H25N2O2S/c1-13-17-3-4-29-18(17)8-19-20(13)22-21-23(30-19)24(31-25(21)27-12-28(22)2)26-9-14-5-15(10-26)7-16(6-14)11-26/h3-4,8,12,14-16H,5-7,9-11H2,1-2H3/q+1. The van der Waals surface area contributed by atoms with Crippen LogP contribution in [-0.2, 0) is 12.5 Å². The fourth-order valence-electron chi connectivity index (χ4n) is 7.95. The van der Waals surface area contributed by atoms with Crippen LogP contribution < -0.4 is 9.30 Å². The van der Waals surface area contributed by atoms with E-state index < -0.39 is 0 Å². The van der Waals surface area contributed by atoms with Crippen LogP contribution in [0.15, 0.2) is 29.1 Å². The summed E-state index contributed by atoms with van der Waals surface area (Å²) in [5.74, 6) is 4.76.